The molecule has 1 N–H and O–H groups in total. The van der Waals surface area contributed by atoms with Gasteiger partial charge in [0.2, 0.25) is 6.79 Å². The molecule has 1 aliphatic carbocycles. The van der Waals surface area contributed by atoms with Gasteiger partial charge in [0.25, 0.3) is 0 Å². The monoisotopic (exact) mass is 400 g/mol. The molecular weight excluding hydrogens is 376 g/mol. The number of fused-ring (bicyclic) bond motifs is 9. The van der Waals surface area contributed by atoms with Crippen LogP contribution in [0.1, 0.15) is 34.9 Å². The molecule has 0 saturated carbocycles. The van der Waals surface area contributed by atoms with Crippen molar-refractivity contribution in [2.24, 2.45) is 0 Å². The van der Waals surface area contributed by atoms with Gasteiger partial charge in [-0.15, -0.1) is 0 Å². The number of nitrogens with zero attached hydrogens (tertiary/aromatic N) is 1. The lowest BCUT2D eigenvalue weighted by molar-refractivity contribution is 0.0573. The first-order chi connectivity index (χ1) is 14.8. The summed E-state index contributed by atoms with van der Waals surface area (Å²) in [4.78, 5) is 6.08. The SMILES string of the molecule is CO[C@H]1C[C@H]2C(=C[C@@H]1c1c[nH]c3ccccc13)[C@H]1CN2Cc2cc3c(cc21)OCO3. The Morgan fingerprint density at radius 2 is 1.97 bits per heavy atom. The Morgan fingerprint density at radius 3 is 2.87 bits per heavy atom. The summed E-state index contributed by atoms with van der Waals surface area (Å²) in [6.45, 7) is 2.38. The second-order valence-electron chi connectivity index (χ2n) is 8.89. The zero-order chi connectivity index (χ0) is 19.8. The van der Waals surface area contributed by atoms with E-state index < -0.39 is 0 Å². The fourth-order valence-electron chi connectivity index (χ4n) is 6.14. The molecule has 0 radical (unpaired) electrons. The summed E-state index contributed by atoms with van der Waals surface area (Å²) < 4.78 is 17.4. The van der Waals surface area contributed by atoms with Crippen LogP contribution in [0.4, 0.5) is 0 Å². The highest BCUT2D eigenvalue weighted by Gasteiger charge is 2.47. The minimum atomic E-state index is 0.178. The second kappa shape index (κ2) is 6.13. The molecular formula is C25H24N2O3. The molecule has 5 heteroatoms. The summed E-state index contributed by atoms with van der Waals surface area (Å²) in [6, 6.07) is 13.4. The Labute approximate surface area is 175 Å². The van der Waals surface area contributed by atoms with E-state index in [9.17, 15) is 0 Å². The van der Waals surface area contributed by atoms with E-state index in [1.54, 1.807) is 5.57 Å². The maximum Gasteiger partial charge on any atom is 0.231 e. The second-order valence-corrected chi connectivity index (χ2v) is 8.89. The number of hydrogen-bond donors (Lipinski definition) is 1. The summed E-state index contributed by atoms with van der Waals surface area (Å²) in [6.07, 6.45) is 5.90. The van der Waals surface area contributed by atoms with Gasteiger partial charge in [-0.1, -0.05) is 24.3 Å². The lowest BCUT2D eigenvalue weighted by Crippen LogP contribution is -2.38. The molecule has 30 heavy (non-hydrogen) atoms. The molecule has 2 bridgehead atoms. The maximum absolute atomic E-state index is 6.05. The first-order valence-corrected chi connectivity index (χ1v) is 10.8. The van der Waals surface area contributed by atoms with Crippen LogP contribution in [0.5, 0.6) is 11.5 Å². The molecule has 152 valence electrons. The first-order valence-electron chi connectivity index (χ1n) is 10.8. The van der Waals surface area contributed by atoms with Crippen molar-refractivity contribution in [1.82, 2.24) is 9.88 Å². The van der Waals surface area contributed by atoms with E-state index in [0.717, 1.165) is 31.0 Å². The van der Waals surface area contributed by atoms with Gasteiger partial charge in [-0.25, -0.2) is 0 Å². The third-order valence-electron chi connectivity index (χ3n) is 7.54. The van der Waals surface area contributed by atoms with Crippen molar-refractivity contribution in [3.05, 3.63) is 70.9 Å². The molecule has 3 aliphatic heterocycles. The van der Waals surface area contributed by atoms with Crippen LogP contribution in [-0.4, -0.2) is 42.5 Å². The fourth-order valence-corrected chi connectivity index (χ4v) is 6.14. The highest BCUT2D eigenvalue weighted by Crippen LogP contribution is 2.52. The van der Waals surface area contributed by atoms with Gasteiger partial charge >= 0.3 is 0 Å². The van der Waals surface area contributed by atoms with Gasteiger partial charge in [0.05, 0.1) is 6.10 Å². The third kappa shape index (κ3) is 2.25. The van der Waals surface area contributed by atoms with Gasteiger partial charge in [0.1, 0.15) is 0 Å². The maximum atomic E-state index is 6.05. The van der Waals surface area contributed by atoms with Crippen LogP contribution >= 0.6 is 0 Å². The van der Waals surface area contributed by atoms with E-state index in [4.69, 9.17) is 14.2 Å². The molecule has 1 saturated heterocycles. The number of para-hydroxylation sites is 1. The number of rotatable bonds is 2. The summed E-state index contributed by atoms with van der Waals surface area (Å²) in [5.41, 5.74) is 6.87. The van der Waals surface area contributed by atoms with Crippen LogP contribution < -0.4 is 9.47 Å². The van der Waals surface area contributed by atoms with Crippen LogP contribution in [0.25, 0.3) is 10.9 Å². The average Bonchev–Trinajstić information content (AvgIpc) is 3.48. The van der Waals surface area contributed by atoms with Gasteiger partial charge in [0, 0.05) is 55.2 Å². The number of aromatic nitrogens is 1. The molecule has 4 aliphatic rings. The van der Waals surface area contributed by atoms with Crippen molar-refractivity contribution < 1.29 is 14.2 Å². The number of ether oxygens (including phenoxy) is 3. The van der Waals surface area contributed by atoms with E-state index in [0.29, 0.717) is 18.8 Å². The van der Waals surface area contributed by atoms with Gasteiger partial charge in [-0.2, -0.15) is 0 Å². The average molecular weight is 400 g/mol. The van der Waals surface area contributed by atoms with Crippen LogP contribution in [0, 0.1) is 0 Å². The smallest absolute Gasteiger partial charge is 0.231 e. The summed E-state index contributed by atoms with van der Waals surface area (Å²) in [5, 5.41) is 1.30. The van der Waals surface area contributed by atoms with Gasteiger partial charge in [-0.05, 0) is 46.9 Å². The zero-order valence-corrected chi connectivity index (χ0v) is 16.9. The van der Waals surface area contributed by atoms with Gasteiger partial charge < -0.3 is 19.2 Å². The lowest BCUT2D eigenvalue weighted by Gasteiger charge is -2.35. The van der Waals surface area contributed by atoms with Crippen LogP contribution in [0.3, 0.4) is 0 Å². The van der Waals surface area contributed by atoms with Crippen LogP contribution in [0.15, 0.2) is 54.2 Å². The molecule has 3 aromatic rings. The van der Waals surface area contributed by atoms with E-state index in [1.807, 2.05) is 7.11 Å². The van der Waals surface area contributed by atoms with Crippen molar-refractivity contribution in [3.63, 3.8) is 0 Å². The summed E-state index contributed by atoms with van der Waals surface area (Å²) in [5.74, 6) is 2.47. The van der Waals surface area contributed by atoms with E-state index in [-0.39, 0.29) is 12.0 Å². The predicted molar refractivity (Wildman–Crippen MR) is 114 cm³/mol. The minimum absolute atomic E-state index is 0.178. The normalized spacial score (nSPS) is 30.8. The highest BCUT2D eigenvalue weighted by molar-refractivity contribution is 5.84. The van der Waals surface area contributed by atoms with Crippen molar-refractivity contribution >= 4 is 10.9 Å². The number of H-pyrrole nitrogens is 1. The van der Waals surface area contributed by atoms with Crippen LogP contribution in [-0.2, 0) is 11.3 Å². The number of aromatic amines is 1. The summed E-state index contributed by atoms with van der Waals surface area (Å²) >= 11 is 0. The van der Waals surface area contributed by atoms with Crippen molar-refractivity contribution in [2.75, 3.05) is 20.4 Å². The van der Waals surface area contributed by atoms with Gasteiger partial charge in [-0.3, -0.25) is 4.90 Å². The number of methoxy groups -OCH3 is 1. The van der Waals surface area contributed by atoms with Crippen molar-refractivity contribution in [2.45, 2.75) is 36.9 Å². The molecule has 5 atom stereocenters. The number of benzene rings is 2. The largest absolute Gasteiger partial charge is 0.454 e. The molecule has 0 amide bonds. The molecule has 7 rings (SSSR count). The van der Waals surface area contributed by atoms with E-state index in [2.05, 4.69) is 58.6 Å². The first kappa shape index (κ1) is 17.0. The molecule has 4 heterocycles. The molecule has 1 aromatic heterocycles. The standard InChI is InChI=1S/C25H24N2O3/c1-28-23-9-22-17(7-18(23)19-10-26-21-5-3-2-4-15(19)21)20-12-27(22)11-14-6-24-25(8-16(14)20)30-13-29-24/h2-8,10,18,20,22-23,26H,9,11-13H2,1H3/t18-,20+,22+,23+/m1/s1. The molecule has 2 aromatic carbocycles. The van der Waals surface area contributed by atoms with Crippen molar-refractivity contribution in [1.29, 1.82) is 0 Å². The Kier molecular flexibility index (Phi) is 3.47. The summed E-state index contributed by atoms with van der Waals surface area (Å²) in [7, 11) is 1.86. The van der Waals surface area contributed by atoms with Crippen molar-refractivity contribution in [3.8, 4) is 11.5 Å². The predicted octanol–water partition coefficient (Wildman–Crippen LogP) is 4.31. The van der Waals surface area contributed by atoms with Crippen LogP contribution in [0.2, 0.25) is 0 Å². The minimum Gasteiger partial charge on any atom is -0.454 e. The Bertz CT molecular complexity index is 1200. The third-order valence-corrected chi connectivity index (χ3v) is 7.54. The zero-order valence-electron chi connectivity index (χ0n) is 16.9. The Hall–Kier alpha value is -2.76. The fraction of sp³-hybridized carbons (Fsp3) is 0.360. The van der Waals surface area contributed by atoms with Gasteiger partial charge in [0.15, 0.2) is 11.5 Å². The molecule has 1 unspecified atom stereocenters. The number of hydrogen-bond acceptors (Lipinski definition) is 4. The Balaban J connectivity index is 1.35. The Morgan fingerprint density at radius 1 is 1.10 bits per heavy atom. The lowest BCUT2D eigenvalue weighted by atomic mass is 9.77. The number of nitrogens with one attached hydrogen (secondary N) is 1. The quantitative estimate of drug-likeness (QED) is 0.652. The highest BCUT2D eigenvalue weighted by atomic mass is 16.7. The van der Waals surface area contributed by atoms with E-state index in [1.165, 1.54) is 27.6 Å². The molecule has 1 fully saturated rings. The van der Waals surface area contributed by atoms with E-state index >= 15 is 0 Å². The molecule has 0 spiro atoms. The molecule has 5 nitrogen and oxygen atoms in total. The topological polar surface area (TPSA) is 46.7 Å².